The van der Waals surface area contributed by atoms with Crippen LogP contribution in [-0.4, -0.2) is 35.0 Å². The van der Waals surface area contributed by atoms with Crippen LogP contribution in [0.2, 0.25) is 0 Å². The van der Waals surface area contributed by atoms with Crippen molar-refractivity contribution in [3.63, 3.8) is 0 Å². The van der Waals surface area contributed by atoms with E-state index in [1.807, 2.05) is 6.08 Å². The van der Waals surface area contributed by atoms with Crippen molar-refractivity contribution < 1.29 is 14.5 Å². The summed E-state index contributed by atoms with van der Waals surface area (Å²) in [7, 11) is 0. The number of nitro benzene ring substituents is 1. The van der Waals surface area contributed by atoms with Crippen molar-refractivity contribution >= 4 is 17.7 Å². The molecule has 0 bridgehead atoms. The van der Waals surface area contributed by atoms with E-state index in [-0.39, 0.29) is 17.7 Å². The Kier molecular flexibility index (Phi) is 3.50. The number of nitro groups is 1. The van der Waals surface area contributed by atoms with E-state index in [4.69, 9.17) is 4.74 Å². The molecule has 2 amide bonds. The zero-order valence-electron chi connectivity index (χ0n) is 11.9. The van der Waals surface area contributed by atoms with Gasteiger partial charge in [-0.3, -0.25) is 10.1 Å². The molecule has 1 N–H and O–H groups in total. The molecule has 0 aliphatic carbocycles. The van der Waals surface area contributed by atoms with Crippen LogP contribution in [0.1, 0.15) is 18.5 Å². The second-order valence-corrected chi connectivity index (χ2v) is 4.96. The predicted octanol–water partition coefficient (Wildman–Crippen LogP) is 1.95. The molecule has 2 aliphatic heterocycles. The number of nitrogens with one attached hydrogen (secondary N) is 1. The molecule has 8 nitrogen and oxygen atoms in total. The molecule has 0 radical (unpaired) electrons. The molecule has 1 atom stereocenters. The first kappa shape index (κ1) is 14.1. The zero-order chi connectivity index (χ0) is 15.7. The molecule has 0 saturated heterocycles. The zero-order valence-corrected chi connectivity index (χ0v) is 11.9. The third kappa shape index (κ3) is 2.50. The van der Waals surface area contributed by atoms with E-state index in [2.05, 4.69) is 10.3 Å². The van der Waals surface area contributed by atoms with Crippen LogP contribution in [-0.2, 0) is 4.74 Å². The van der Waals surface area contributed by atoms with Gasteiger partial charge in [0.1, 0.15) is 6.61 Å². The maximum absolute atomic E-state index is 12.3. The summed E-state index contributed by atoms with van der Waals surface area (Å²) < 4.78 is 5.38. The lowest BCUT2D eigenvalue weighted by atomic mass is 10.0. The summed E-state index contributed by atoms with van der Waals surface area (Å²) in [5, 5.41) is 13.6. The summed E-state index contributed by atoms with van der Waals surface area (Å²) >= 11 is 0. The first-order chi connectivity index (χ1) is 10.6. The molecular formula is C14H14N4O4. The fourth-order valence-corrected chi connectivity index (χ4v) is 2.45. The van der Waals surface area contributed by atoms with Crippen LogP contribution in [0.3, 0.4) is 0 Å². The van der Waals surface area contributed by atoms with Crippen LogP contribution in [0.5, 0.6) is 0 Å². The molecule has 114 valence electrons. The fraction of sp³-hybridized carbons (Fsp3) is 0.286. The maximum atomic E-state index is 12.3. The Morgan fingerprint density at radius 2 is 2.32 bits per heavy atom. The Labute approximate surface area is 126 Å². The van der Waals surface area contributed by atoms with E-state index in [0.29, 0.717) is 24.4 Å². The number of hydrogen-bond acceptors (Lipinski definition) is 5. The van der Waals surface area contributed by atoms with Crippen LogP contribution in [0.15, 0.2) is 41.0 Å². The summed E-state index contributed by atoms with van der Waals surface area (Å²) in [6.45, 7) is 2.67. The van der Waals surface area contributed by atoms with Gasteiger partial charge in [-0.15, -0.1) is 0 Å². The van der Waals surface area contributed by atoms with Crippen molar-refractivity contribution in [2.45, 2.75) is 13.0 Å². The van der Waals surface area contributed by atoms with Crippen LogP contribution < -0.4 is 5.32 Å². The van der Waals surface area contributed by atoms with Crippen LogP contribution in [0, 0.1) is 10.1 Å². The van der Waals surface area contributed by atoms with Crippen molar-refractivity contribution in [3.8, 4) is 0 Å². The number of allylic oxidation sites excluding steroid dienone is 1. The SMILES string of the molecule is CC1=CC(c2cccc([N+](=O)[O-])c2)N(C2=NCCO2)C(=O)N1. The topological polar surface area (TPSA) is 97.1 Å². The largest absolute Gasteiger partial charge is 0.463 e. The predicted molar refractivity (Wildman–Crippen MR) is 78.2 cm³/mol. The smallest absolute Gasteiger partial charge is 0.330 e. The summed E-state index contributed by atoms with van der Waals surface area (Å²) in [4.78, 5) is 28.3. The number of amidine groups is 1. The Balaban J connectivity index is 2.04. The number of aliphatic imine (C=N–C) groups is 1. The normalized spacial score (nSPS) is 20.9. The highest BCUT2D eigenvalue weighted by molar-refractivity contribution is 5.96. The molecule has 0 saturated carbocycles. The maximum Gasteiger partial charge on any atom is 0.330 e. The third-order valence-electron chi connectivity index (χ3n) is 3.41. The molecule has 1 unspecified atom stereocenters. The van der Waals surface area contributed by atoms with Gasteiger partial charge < -0.3 is 10.1 Å². The monoisotopic (exact) mass is 302 g/mol. The number of benzene rings is 1. The van der Waals surface area contributed by atoms with E-state index in [0.717, 1.165) is 0 Å². The molecule has 3 rings (SSSR count). The summed E-state index contributed by atoms with van der Waals surface area (Å²) in [6.07, 6.45) is 1.81. The second-order valence-electron chi connectivity index (χ2n) is 4.96. The van der Waals surface area contributed by atoms with E-state index >= 15 is 0 Å². The van der Waals surface area contributed by atoms with Gasteiger partial charge in [0.05, 0.1) is 17.5 Å². The number of non-ortho nitro benzene ring substituents is 1. The van der Waals surface area contributed by atoms with Gasteiger partial charge in [-0.25, -0.2) is 14.7 Å². The van der Waals surface area contributed by atoms with Gasteiger partial charge in [-0.2, -0.15) is 0 Å². The Hall–Kier alpha value is -2.90. The summed E-state index contributed by atoms with van der Waals surface area (Å²) in [5.74, 6) is 0. The first-order valence-electron chi connectivity index (χ1n) is 6.76. The minimum atomic E-state index is -0.495. The molecule has 2 heterocycles. The number of nitrogens with zero attached hydrogens (tertiary/aromatic N) is 3. The average molecular weight is 302 g/mol. The number of carbonyl (C=O) groups excluding carboxylic acids is 1. The Bertz CT molecular complexity index is 698. The Morgan fingerprint density at radius 1 is 1.50 bits per heavy atom. The summed E-state index contributed by atoms with van der Waals surface area (Å²) in [5.41, 5.74) is 1.28. The van der Waals surface area contributed by atoms with E-state index < -0.39 is 11.0 Å². The van der Waals surface area contributed by atoms with Gasteiger partial charge in [-0.1, -0.05) is 12.1 Å². The molecule has 8 heteroatoms. The molecule has 2 aliphatic rings. The minimum absolute atomic E-state index is 0.0243. The molecule has 1 aromatic carbocycles. The van der Waals surface area contributed by atoms with Crippen molar-refractivity contribution in [1.29, 1.82) is 0 Å². The Morgan fingerprint density at radius 3 is 3.00 bits per heavy atom. The number of ether oxygens (including phenoxy) is 1. The highest BCUT2D eigenvalue weighted by atomic mass is 16.6. The van der Waals surface area contributed by atoms with Gasteiger partial charge in [0.15, 0.2) is 0 Å². The van der Waals surface area contributed by atoms with Crippen LogP contribution >= 0.6 is 0 Å². The lowest BCUT2D eigenvalue weighted by Gasteiger charge is -2.32. The van der Waals surface area contributed by atoms with E-state index in [9.17, 15) is 14.9 Å². The van der Waals surface area contributed by atoms with Crippen molar-refractivity contribution in [3.05, 3.63) is 51.7 Å². The van der Waals surface area contributed by atoms with Crippen molar-refractivity contribution in [1.82, 2.24) is 10.2 Å². The molecular weight excluding hydrogens is 288 g/mol. The number of rotatable bonds is 2. The van der Waals surface area contributed by atoms with Crippen molar-refractivity contribution in [2.24, 2.45) is 4.99 Å². The molecule has 0 fully saturated rings. The minimum Gasteiger partial charge on any atom is -0.463 e. The van der Waals surface area contributed by atoms with Gasteiger partial charge >= 0.3 is 6.03 Å². The van der Waals surface area contributed by atoms with E-state index in [1.165, 1.54) is 17.0 Å². The molecule has 1 aromatic rings. The quantitative estimate of drug-likeness (QED) is 0.667. The molecule has 0 aromatic heterocycles. The highest BCUT2D eigenvalue weighted by Gasteiger charge is 2.34. The molecule has 0 spiro atoms. The second kappa shape index (κ2) is 5.47. The number of carbonyl (C=O) groups is 1. The fourth-order valence-electron chi connectivity index (χ4n) is 2.45. The average Bonchev–Trinajstić information content (AvgIpc) is 3.00. The highest BCUT2D eigenvalue weighted by Crippen LogP contribution is 2.30. The molecule has 22 heavy (non-hydrogen) atoms. The van der Waals surface area contributed by atoms with Crippen LogP contribution in [0.25, 0.3) is 0 Å². The van der Waals surface area contributed by atoms with Gasteiger partial charge in [-0.05, 0) is 18.6 Å². The number of amides is 2. The van der Waals surface area contributed by atoms with Gasteiger partial charge in [0.25, 0.3) is 11.7 Å². The van der Waals surface area contributed by atoms with Crippen LogP contribution in [0.4, 0.5) is 10.5 Å². The van der Waals surface area contributed by atoms with Crippen molar-refractivity contribution in [2.75, 3.05) is 13.2 Å². The van der Waals surface area contributed by atoms with Gasteiger partial charge in [0, 0.05) is 17.8 Å². The third-order valence-corrected chi connectivity index (χ3v) is 3.41. The lowest BCUT2D eigenvalue weighted by Crippen LogP contribution is -2.48. The summed E-state index contributed by atoms with van der Waals surface area (Å²) in [6, 6.07) is 5.58. The first-order valence-corrected chi connectivity index (χ1v) is 6.76. The van der Waals surface area contributed by atoms with E-state index in [1.54, 1.807) is 19.1 Å². The lowest BCUT2D eigenvalue weighted by molar-refractivity contribution is -0.384. The number of urea groups is 1. The standard InChI is InChI=1S/C14H14N4O4/c1-9-7-12(10-3-2-4-11(8-10)18(20)21)17(13(19)16-9)14-15-5-6-22-14/h2-4,7-8,12H,5-6H2,1H3,(H,16,19). The van der Waals surface area contributed by atoms with Gasteiger partial charge in [0.2, 0.25) is 0 Å². The number of hydrogen-bond donors (Lipinski definition) is 1.